The normalized spacial score (nSPS) is 14.8. The van der Waals surface area contributed by atoms with Crippen molar-refractivity contribution in [2.75, 3.05) is 13.1 Å². The highest BCUT2D eigenvalue weighted by atomic mass is 16.1. The van der Waals surface area contributed by atoms with Gasteiger partial charge in [0.25, 0.3) is 0 Å². The van der Waals surface area contributed by atoms with Crippen molar-refractivity contribution in [3.05, 3.63) is 71.3 Å². The van der Waals surface area contributed by atoms with Gasteiger partial charge in [-0.25, -0.2) is 0 Å². The Kier molecular flexibility index (Phi) is 5.43. The Hall–Kier alpha value is -2.13. The molecule has 0 aliphatic carbocycles. The van der Waals surface area contributed by atoms with Gasteiger partial charge in [0.1, 0.15) is 0 Å². The molecular weight excluding hydrogens is 284 g/mol. The van der Waals surface area contributed by atoms with E-state index in [2.05, 4.69) is 28.4 Å². The maximum atomic E-state index is 12.1. The number of benzene rings is 2. The van der Waals surface area contributed by atoms with Crippen LogP contribution in [0.3, 0.4) is 0 Å². The lowest BCUT2D eigenvalue weighted by Crippen LogP contribution is -2.26. The molecule has 0 aromatic heterocycles. The topological polar surface area (TPSA) is 32.3 Å². The lowest BCUT2D eigenvalue weighted by molar-refractivity contribution is -0.120. The van der Waals surface area contributed by atoms with Crippen LogP contribution in [-0.4, -0.2) is 23.9 Å². The predicted octanol–water partition coefficient (Wildman–Crippen LogP) is 3.14. The van der Waals surface area contributed by atoms with Crippen LogP contribution < -0.4 is 5.32 Å². The Morgan fingerprint density at radius 3 is 2.30 bits per heavy atom. The van der Waals surface area contributed by atoms with E-state index in [-0.39, 0.29) is 5.91 Å². The molecule has 2 aromatic carbocycles. The number of carbonyl (C=O) groups excluding carboxylic acids is 1. The molecule has 1 saturated heterocycles. The van der Waals surface area contributed by atoms with Crippen molar-refractivity contribution < 1.29 is 4.79 Å². The summed E-state index contributed by atoms with van der Waals surface area (Å²) in [5, 5.41) is 3.06. The summed E-state index contributed by atoms with van der Waals surface area (Å²) in [4.78, 5) is 14.6. The monoisotopic (exact) mass is 308 g/mol. The molecule has 1 aliphatic heterocycles. The average molecular weight is 308 g/mol. The molecule has 1 fully saturated rings. The third-order valence-electron chi connectivity index (χ3n) is 4.39. The number of hydrogen-bond donors (Lipinski definition) is 1. The van der Waals surface area contributed by atoms with Crippen molar-refractivity contribution in [3.8, 4) is 0 Å². The van der Waals surface area contributed by atoms with Gasteiger partial charge < -0.3 is 5.32 Å². The zero-order valence-electron chi connectivity index (χ0n) is 13.5. The third-order valence-corrected chi connectivity index (χ3v) is 4.39. The van der Waals surface area contributed by atoms with Crippen LogP contribution in [0.4, 0.5) is 0 Å². The fourth-order valence-electron chi connectivity index (χ4n) is 3.10. The molecule has 0 atom stereocenters. The smallest absolute Gasteiger partial charge is 0.224 e. The van der Waals surface area contributed by atoms with Crippen LogP contribution in [0.15, 0.2) is 54.6 Å². The first-order valence-electron chi connectivity index (χ1n) is 8.41. The minimum absolute atomic E-state index is 0.0761. The van der Waals surface area contributed by atoms with Crippen LogP contribution in [-0.2, 0) is 24.3 Å². The lowest BCUT2D eigenvalue weighted by atomic mass is 10.1. The van der Waals surface area contributed by atoms with Gasteiger partial charge in [0.15, 0.2) is 0 Å². The van der Waals surface area contributed by atoms with Crippen molar-refractivity contribution in [1.29, 1.82) is 0 Å². The molecule has 1 heterocycles. The highest BCUT2D eigenvalue weighted by Gasteiger charge is 2.13. The second-order valence-electron chi connectivity index (χ2n) is 6.19. The van der Waals surface area contributed by atoms with Gasteiger partial charge in [0.2, 0.25) is 5.91 Å². The largest absolute Gasteiger partial charge is 0.352 e. The van der Waals surface area contributed by atoms with Crippen LogP contribution >= 0.6 is 0 Å². The summed E-state index contributed by atoms with van der Waals surface area (Å²) in [5.74, 6) is 0.0761. The summed E-state index contributed by atoms with van der Waals surface area (Å²) in [6.45, 7) is 3.98. The lowest BCUT2D eigenvalue weighted by Gasteiger charge is -2.17. The first-order valence-corrected chi connectivity index (χ1v) is 8.41. The Morgan fingerprint density at radius 2 is 1.57 bits per heavy atom. The van der Waals surface area contributed by atoms with Crippen LogP contribution in [0.25, 0.3) is 0 Å². The molecule has 0 radical (unpaired) electrons. The number of nitrogens with one attached hydrogen (secondary N) is 1. The van der Waals surface area contributed by atoms with E-state index in [9.17, 15) is 4.79 Å². The van der Waals surface area contributed by atoms with E-state index in [1.54, 1.807) is 0 Å². The van der Waals surface area contributed by atoms with E-state index >= 15 is 0 Å². The van der Waals surface area contributed by atoms with Gasteiger partial charge in [-0.15, -0.1) is 0 Å². The summed E-state index contributed by atoms with van der Waals surface area (Å²) >= 11 is 0. The van der Waals surface area contributed by atoms with E-state index in [0.29, 0.717) is 13.0 Å². The Morgan fingerprint density at radius 1 is 0.913 bits per heavy atom. The van der Waals surface area contributed by atoms with Gasteiger partial charge in [-0.05, 0) is 42.6 Å². The average Bonchev–Trinajstić information content (AvgIpc) is 3.08. The van der Waals surface area contributed by atoms with Crippen LogP contribution in [0.1, 0.15) is 29.5 Å². The Bertz CT molecular complexity index is 633. The fraction of sp³-hybridized carbons (Fsp3) is 0.350. The first-order chi connectivity index (χ1) is 11.3. The molecular formula is C20H24N2O. The van der Waals surface area contributed by atoms with E-state index in [1.165, 1.54) is 37.1 Å². The Balaban J connectivity index is 1.56. The number of amides is 1. The molecule has 0 spiro atoms. The minimum Gasteiger partial charge on any atom is -0.352 e. The second-order valence-corrected chi connectivity index (χ2v) is 6.19. The summed E-state index contributed by atoms with van der Waals surface area (Å²) < 4.78 is 0. The van der Waals surface area contributed by atoms with Crippen molar-refractivity contribution >= 4 is 5.91 Å². The molecule has 1 aliphatic rings. The summed E-state index contributed by atoms with van der Waals surface area (Å²) in [5.41, 5.74) is 3.60. The van der Waals surface area contributed by atoms with Crippen LogP contribution in [0, 0.1) is 0 Å². The molecule has 3 rings (SSSR count). The van der Waals surface area contributed by atoms with Gasteiger partial charge in [-0.3, -0.25) is 9.69 Å². The maximum Gasteiger partial charge on any atom is 0.224 e. The molecule has 0 unspecified atom stereocenters. The molecule has 0 saturated carbocycles. The molecule has 3 nitrogen and oxygen atoms in total. The van der Waals surface area contributed by atoms with Crippen molar-refractivity contribution in [2.24, 2.45) is 0 Å². The predicted molar refractivity (Wildman–Crippen MR) is 92.9 cm³/mol. The number of rotatable bonds is 6. The quantitative estimate of drug-likeness (QED) is 0.889. The molecule has 120 valence electrons. The number of carbonyl (C=O) groups is 1. The molecule has 1 amide bonds. The van der Waals surface area contributed by atoms with E-state index in [1.807, 2.05) is 36.4 Å². The number of hydrogen-bond acceptors (Lipinski definition) is 2. The SMILES string of the molecule is O=C(Cc1ccccc1)NCc1ccccc1CN1CCCC1. The number of likely N-dealkylation sites (tertiary alicyclic amines) is 1. The standard InChI is InChI=1S/C20H24N2O/c23-20(14-17-8-2-1-3-9-17)21-15-18-10-4-5-11-19(18)16-22-12-6-7-13-22/h1-5,8-11H,6-7,12-16H2,(H,21,23). The van der Waals surface area contributed by atoms with Crippen LogP contribution in [0.5, 0.6) is 0 Å². The van der Waals surface area contributed by atoms with E-state index in [4.69, 9.17) is 0 Å². The zero-order valence-corrected chi connectivity index (χ0v) is 13.5. The first kappa shape index (κ1) is 15.8. The molecule has 1 N–H and O–H groups in total. The van der Waals surface area contributed by atoms with Crippen molar-refractivity contribution in [3.63, 3.8) is 0 Å². The van der Waals surface area contributed by atoms with Gasteiger partial charge in [0, 0.05) is 13.1 Å². The van der Waals surface area contributed by atoms with Crippen LogP contribution in [0.2, 0.25) is 0 Å². The highest BCUT2D eigenvalue weighted by Crippen LogP contribution is 2.16. The zero-order chi connectivity index (χ0) is 15.9. The van der Waals surface area contributed by atoms with E-state index < -0.39 is 0 Å². The highest BCUT2D eigenvalue weighted by molar-refractivity contribution is 5.78. The molecule has 23 heavy (non-hydrogen) atoms. The molecule has 2 aromatic rings. The molecule has 3 heteroatoms. The Labute approximate surface area is 138 Å². The minimum atomic E-state index is 0.0761. The van der Waals surface area contributed by atoms with E-state index in [0.717, 1.165) is 12.1 Å². The fourth-order valence-corrected chi connectivity index (χ4v) is 3.10. The van der Waals surface area contributed by atoms with Gasteiger partial charge in [0.05, 0.1) is 6.42 Å². The van der Waals surface area contributed by atoms with Gasteiger partial charge >= 0.3 is 0 Å². The summed E-state index contributed by atoms with van der Waals surface area (Å²) in [6.07, 6.45) is 3.04. The third kappa shape index (κ3) is 4.67. The summed E-state index contributed by atoms with van der Waals surface area (Å²) in [7, 11) is 0. The second kappa shape index (κ2) is 7.93. The number of nitrogens with zero attached hydrogens (tertiary/aromatic N) is 1. The van der Waals surface area contributed by atoms with Gasteiger partial charge in [-0.1, -0.05) is 54.6 Å². The van der Waals surface area contributed by atoms with Crippen molar-refractivity contribution in [2.45, 2.75) is 32.4 Å². The summed E-state index contributed by atoms with van der Waals surface area (Å²) in [6, 6.07) is 18.3. The van der Waals surface area contributed by atoms with Crippen molar-refractivity contribution in [1.82, 2.24) is 10.2 Å². The van der Waals surface area contributed by atoms with Gasteiger partial charge in [-0.2, -0.15) is 0 Å². The maximum absolute atomic E-state index is 12.1. The molecule has 0 bridgehead atoms.